The molecule has 0 aliphatic carbocycles. The zero-order chi connectivity index (χ0) is 22.9. The second-order valence-corrected chi connectivity index (χ2v) is 9.81. The Morgan fingerprint density at radius 3 is 1.43 bits per heavy atom. The standard InChI is InChI=1S/C20H26B2F3NO4/c1-16(2)17(3,4)28-21(27-16)14-10-13(20(23,24)25)15(9-12(14)11-26)22-29-18(5,6)19(7,8)30-22/h9-10H,1-8H3. The van der Waals surface area contributed by atoms with Crippen LogP contribution in [0.3, 0.4) is 0 Å². The maximum Gasteiger partial charge on any atom is 0.496 e. The maximum atomic E-state index is 14.0. The summed E-state index contributed by atoms with van der Waals surface area (Å²) in [7, 11) is -2.36. The minimum atomic E-state index is -4.69. The molecule has 2 heterocycles. The van der Waals surface area contributed by atoms with Crippen molar-refractivity contribution < 1.29 is 31.8 Å². The summed E-state index contributed by atoms with van der Waals surface area (Å²) in [6.45, 7) is 14.2. The van der Waals surface area contributed by atoms with E-state index in [0.717, 1.165) is 6.07 Å². The summed E-state index contributed by atoms with van der Waals surface area (Å²) in [6, 6.07) is 4.06. The van der Waals surface area contributed by atoms with E-state index in [1.165, 1.54) is 6.07 Å². The van der Waals surface area contributed by atoms with Crippen molar-refractivity contribution in [3.63, 3.8) is 0 Å². The number of benzene rings is 1. The number of alkyl halides is 3. The molecule has 0 radical (unpaired) electrons. The second kappa shape index (κ2) is 6.73. The molecule has 0 bridgehead atoms. The van der Waals surface area contributed by atoms with E-state index in [0.29, 0.717) is 0 Å². The van der Waals surface area contributed by atoms with E-state index < -0.39 is 48.4 Å². The molecule has 30 heavy (non-hydrogen) atoms. The van der Waals surface area contributed by atoms with Gasteiger partial charge >= 0.3 is 20.4 Å². The Balaban J connectivity index is 2.13. The first-order valence-electron chi connectivity index (χ1n) is 9.78. The van der Waals surface area contributed by atoms with Crippen molar-refractivity contribution in [1.29, 1.82) is 5.26 Å². The van der Waals surface area contributed by atoms with Crippen LogP contribution in [0.5, 0.6) is 0 Å². The van der Waals surface area contributed by atoms with Crippen LogP contribution >= 0.6 is 0 Å². The minimum Gasteiger partial charge on any atom is -0.399 e. The molecule has 0 amide bonds. The normalized spacial score (nSPS) is 24.2. The summed E-state index contributed by atoms with van der Waals surface area (Å²) < 4.78 is 65.5. The van der Waals surface area contributed by atoms with Crippen LogP contribution in [0.2, 0.25) is 0 Å². The van der Waals surface area contributed by atoms with Crippen LogP contribution < -0.4 is 10.9 Å². The number of hydrogen-bond donors (Lipinski definition) is 0. The van der Waals surface area contributed by atoms with Crippen molar-refractivity contribution in [3.8, 4) is 6.07 Å². The van der Waals surface area contributed by atoms with Crippen LogP contribution in [0.25, 0.3) is 0 Å². The van der Waals surface area contributed by atoms with E-state index in [1.807, 2.05) is 6.07 Å². The van der Waals surface area contributed by atoms with Gasteiger partial charge in [0.1, 0.15) is 0 Å². The van der Waals surface area contributed by atoms with E-state index >= 15 is 0 Å². The number of halogens is 3. The van der Waals surface area contributed by atoms with Gasteiger partial charge in [-0.1, -0.05) is 0 Å². The fourth-order valence-corrected chi connectivity index (χ4v) is 3.31. The van der Waals surface area contributed by atoms with Gasteiger partial charge in [0.05, 0.1) is 39.6 Å². The van der Waals surface area contributed by atoms with Crippen molar-refractivity contribution in [2.75, 3.05) is 0 Å². The summed E-state index contributed by atoms with van der Waals surface area (Å²) in [6.07, 6.45) is -4.69. The first-order valence-corrected chi connectivity index (χ1v) is 9.78. The van der Waals surface area contributed by atoms with E-state index in [9.17, 15) is 18.4 Å². The van der Waals surface area contributed by atoms with Gasteiger partial charge in [0.2, 0.25) is 0 Å². The van der Waals surface area contributed by atoms with Crippen molar-refractivity contribution in [2.24, 2.45) is 0 Å². The molecule has 2 aliphatic rings. The number of hydrogen-bond acceptors (Lipinski definition) is 5. The van der Waals surface area contributed by atoms with E-state index in [2.05, 4.69) is 0 Å². The lowest BCUT2D eigenvalue weighted by Crippen LogP contribution is -2.44. The maximum absolute atomic E-state index is 14.0. The molecule has 2 saturated heterocycles. The van der Waals surface area contributed by atoms with Gasteiger partial charge in [0, 0.05) is 5.46 Å². The highest BCUT2D eigenvalue weighted by atomic mass is 19.4. The lowest BCUT2D eigenvalue weighted by Gasteiger charge is -2.32. The highest BCUT2D eigenvalue weighted by molar-refractivity contribution is 6.65. The average molecular weight is 423 g/mol. The molecular formula is C20H26B2F3NO4. The predicted molar refractivity (Wildman–Crippen MR) is 108 cm³/mol. The lowest BCUT2D eigenvalue weighted by molar-refractivity contribution is -0.136. The third kappa shape index (κ3) is 3.66. The van der Waals surface area contributed by atoms with Crippen LogP contribution in [0.1, 0.15) is 66.5 Å². The van der Waals surface area contributed by atoms with Crippen molar-refractivity contribution in [1.82, 2.24) is 0 Å². The van der Waals surface area contributed by atoms with E-state index in [1.54, 1.807) is 55.4 Å². The molecule has 3 rings (SSSR count). The number of nitriles is 1. The summed E-state index contributed by atoms with van der Waals surface area (Å²) in [5, 5.41) is 9.68. The van der Waals surface area contributed by atoms with Crippen LogP contribution in [-0.4, -0.2) is 36.6 Å². The molecular weight excluding hydrogens is 397 g/mol. The number of rotatable bonds is 2. The van der Waals surface area contributed by atoms with Gasteiger partial charge in [-0.05, 0) is 73.0 Å². The topological polar surface area (TPSA) is 60.7 Å². The summed E-state index contributed by atoms with van der Waals surface area (Å²) >= 11 is 0. The Bertz CT molecular complexity index is 875. The van der Waals surface area contributed by atoms with E-state index in [-0.39, 0.29) is 16.5 Å². The zero-order valence-corrected chi connectivity index (χ0v) is 18.5. The third-order valence-electron chi connectivity index (χ3n) is 6.66. The predicted octanol–water partition coefficient (Wildman–Crippen LogP) is 3.18. The Morgan fingerprint density at radius 2 is 1.10 bits per heavy atom. The monoisotopic (exact) mass is 423 g/mol. The third-order valence-corrected chi connectivity index (χ3v) is 6.66. The molecule has 2 aliphatic heterocycles. The molecule has 1 aromatic rings. The smallest absolute Gasteiger partial charge is 0.399 e. The highest BCUT2D eigenvalue weighted by Crippen LogP contribution is 2.39. The van der Waals surface area contributed by atoms with Crippen LogP contribution in [0.15, 0.2) is 12.1 Å². The highest BCUT2D eigenvalue weighted by Gasteiger charge is 2.56. The minimum absolute atomic E-state index is 0.0196. The van der Waals surface area contributed by atoms with Gasteiger partial charge in [0.15, 0.2) is 0 Å². The van der Waals surface area contributed by atoms with Crippen LogP contribution in [-0.2, 0) is 24.8 Å². The molecule has 2 fully saturated rings. The fourth-order valence-electron chi connectivity index (χ4n) is 3.31. The fraction of sp³-hybridized carbons (Fsp3) is 0.650. The summed E-state index contributed by atoms with van der Waals surface area (Å²) in [5.74, 6) is 0. The molecule has 0 N–H and O–H groups in total. The van der Waals surface area contributed by atoms with Gasteiger partial charge < -0.3 is 18.6 Å². The molecule has 162 valence electrons. The Hall–Kier alpha value is -1.53. The molecule has 1 aromatic carbocycles. The zero-order valence-electron chi connectivity index (χ0n) is 18.5. The molecule has 0 saturated carbocycles. The first kappa shape index (κ1) is 23.1. The second-order valence-electron chi connectivity index (χ2n) is 9.81. The molecule has 10 heteroatoms. The van der Waals surface area contributed by atoms with Gasteiger partial charge in [-0.3, -0.25) is 0 Å². The van der Waals surface area contributed by atoms with Crippen molar-refractivity contribution in [3.05, 3.63) is 23.3 Å². The molecule has 0 aromatic heterocycles. The number of nitrogens with zero attached hydrogens (tertiary/aromatic N) is 1. The Kier molecular flexibility index (Phi) is 5.19. The first-order chi connectivity index (χ1) is 13.4. The van der Waals surface area contributed by atoms with Gasteiger partial charge in [0.25, 0.3) is 0 Å². The average Bonchev–Trinajstić information content (AvgIpc) is 2.92. The Morgan fingerprint density at radius 1 is 0.733 bits per heavy atom. The van der Waals surface area contributed by atoms with Crippen molar-refractivity contribution in [2.45, 2.75) is 84.0 Å². The van der Waals surface area contributed by atoms with Crippen molar-refractivity contribution >= 4 is 25.2 Å². The quantitative estimate of drug-likeness (QED) is 0.685. The lowest BCUT2D eigenvalue weighted by atomic mass is 9.68. The van der Waals surface area contributed by atoms with E-state index in [4.69, 9.17) is 18.6 Å². The van der Waals surface area contributed by atoms with Gasteiger partial charge in [-0.2, -0.15) is 18.4 Å². The van der Waals surface area contributed by atoms with Gasteiger partial charge in [-0.25, -0.2) is 0 Å². The molecule has 0 unspecified atom stereocenters. The largest absolute Gasteiger partial charge is 0.496 e. The van der Waals surface area contributed by atoms with Gasteiger partial charge in [-0.15, -0.1) is 0 Å². The molecule has 5 nitrogen and oxygen atoms in total. The Labute approximate surface area is 176 Å². The van der Waals surface area contributed by atoms with Crippen LogP contribution in [0.4, 0.5) is 13.2 Å². The molecule has 0 spiro atoms. The molecule has 0 atom stereocenters. The summed E-state index contributed by atoms with van der Waals surface area (Å²) in [4.78, 5) is 0. The SMILES string of the molecule is CC1(C)OB(c2cc(C(F)(F)F)c(B3OC(C)(C)C(C)(C)O3)cc2C#N)OC1(C)C. The van der Waals surface area contributed by atoms with Crippen LogP contribution in [0, 0.1) is 11.3 Å². The summed E-state index contributed by atoms with van der Waals surface area (Å²) in [5.41, 5.74) is -4.28.